The number of carbonyl (C=O) groups is 1. The van der Waals surface area contributed by atoms with E-state index >= 15 is 0 Å². The van der Waals surface area contributed by atoms with E-state index in [2.05, 4.69) is 52.2 Å². The van der Waals surface area contributed by atoms with Gasteiger partial charge >= 0.3 is 0 Å². The van der Waals surface area contributed by atoms with Gasteiger partial charge in [0.15, 0.2) is 17.4 Å². The predicted molar refractivity (Wildman–Crippen MR) is 155 cm³/mol. The average Bonchev–Trinajstić information content (AvgIpc) is 3.59. The molecule has 0 unspecified atom stereocenters. The van der Waals surface area contributed by atoms with Crippen LogP contribution in [0.4, 0.5) is 14.5 Å². The fourth-order valence-corrected chi connectivity index (χ4v) is 6.88. The number of Topliss-reactive ketones (excluding diaryl/α,β-unsaturated/α-hetero) is 1. The second kappa shape index (κ2) is 9.28. The Kier molecular flexibility index (Phi) is 5.88. The van der Waals surface area contributed by atoms with E-state index in [0.29, 0.717) is 0 Å². The summed E-state index contributed by atoms with van der Waals surface area (Å²) in [6, 6.07) is 20.3. The molecule has 0 aliphatic heterocycles. The molecule has 0 radical (unpaired) electrons. The van der Waals surface area contributed by atoms with Crippen LogP contribution in [0.1, 0.15) is 20.8 Å². The summed E-state index contributed by atoms with van der Waals surface area (Å²) in [7, 11) is 4.02. The summed E-state index contributed by atoms with van der Waals surface area (Å²) in [6.07, 6.45) is 1.60. The molecule has 5 aromatic rings. The second-order valence-corrected chi connectivity index (χ2v) is 11.5. The highest BCUT2D eigenvalue weighted by Crippen LogP contribution is 2.43. The number of thiophene rings is 2. The minimum absolute atomic E-state index is 0.0368. The van der Waals surface area contributed by atoms with E-state index in [9.17, 15) is 18.8 Å². The van der Waals surface area contributed by atoms with E-state index < -0.39 is 17.4 Å². The van der Waals surface area contributed by atoms with Gasteiger partial charge in [-0.1, -0.05) is 12.1 Å². The van der Waals surface area contributed by atoms with Crippen molar-refractivity contribution in [3.05, 3.63) is 111 Å². The third-order valence-corrected chi connectivity index (χ3v) is 8.86. The van der Waals surface area contributed by atoms with Crippen LogP contribution in [0.25, 0.3) is 47.1 Å². The van der Waals surface area contributed by atoms with Gasteiger partial charge in [0.2, 0.25) is 0 Å². The maximum absolute atomic E-state index is 14.0. The van der Waals surface area contributed by atoms with Crippen molar-refractivity contribution in [3.63, 3.8) is 0 Å². The molecule has 0 N–H and O–H groups in total. The average molecular weight is 550 g/mol. The predicted octanol–water partition coefficient (Wildman–Crippen LogP) is 8.56. The standard InChI is InChI=1S/C31H17F2N3OS2/c1-35-26(15-34)30-21-13-24(32)25(33)14-22(21)31(37)23(30)12-20-8-17-9-29-18(11-28(17)38-20)10-27(39-29)16-4-6-19(7-5-16)36(2)3/h4-14H,2-3H3/b23-12-,30-26-. The number of ketones is 1. The number of hydrogen-bond donors (Lipinski definition) is 0. The van der Waals surface area contributed by atoms with Gasteiger partial charge in [-0.3, -0.25) is 4.79 Å². The molecule has 4 nitrogen and oxygen atoms in total. The molecule has 1 aliphatic rings. The first-order valence-electron chi connectivity index (χ1n) is 11.8. The molecule has 0 saturated carbocycles. The molecule has 1 aliphatic carbocycles. The van der Waals surface area contributed by atoms with E-state index in [-0.39, 0.29) is 28.0 Å². The largest absolute Gasteiger partial charge is 0.378 e. The number of nitrogens with zero attached hydrogens (tertiary/aromatic N) is 3. The van der Waals surface area contributed by atoms with E-state index in [0.717, 1.165) is 48.4 Å². The van der Waals surface area contributed by atoms with Gasteiger partial charge in [-0.25, -0.2) is 18.9 Å². The van der Waals surface area contributed by atoms with E-state index in [1.165, 1.54) is 16.2 Å². The Morgan fingerprint density at radius 1 is 0.949 bits per heavy atom. The van der Waals surface area contributed by atoms with Crippen LogP contribution in [0.2, 0.25) is 0 Å². The number of rotatable bonds is 3. The zero-order valence-corrected chi connectivity index (χ0v) is 22.3. The highest BCUT2D eigenvalue weighted by atomic mass is 32.1. The molecule has 8 heteroatoms. The Morgan fingerprint density at radius 3 is 2.23 bits per heavy atom. The molecule has 2 heterocycles. The maximum atomic E-state index is 14.0. The lowest BCUT2D eigenvalue weighted by atomic mass is 10.0. The SMILES string of the molecule is [C-]#[N+]/C(C#N)=C1\C(=C\c2cc3cc4sc(-c5ccc(N(C)C)cc5)cc4cc3s2)C(=O)c2cc(F)c(F)cc21. The van der Waals surface area contributed by atoms with Gasteiger partial charge in [-0.15, -0.1) is 22.7 Å². The molecule has 2 aromatic heterocycles. The molecule has 39 heavy (non-hydrogen) atoms. The number of halogens is 2. The van der Waals surface area contributed by atoms with Gasteiger partial charge in [0.1, 0.15) is 0 Å². The molecule has 0 spiro atoms. The lowest BCUT2D eigenvalue weighted by Gasteiger charge is -2.12. The van der Waals surface area contributed by atoms with Crippen LogP contribution < -0.4 is 4.90 Å². The fourth-order valence-electron chi connectivity index (χ4n) is 4.75. The van der Waals surface area contributed by atoms with Crippen molar-refractivity contribution in [2.24, 2.45) is 0 Å². The van der Waals surface area contributed by atoms with Crippen LogP contribution in [0.15, 0.2) is 71.9 Å². The van der Waals surface area contributed by atoms with Crippen molar-refractivity contribution in [2.75, 3.05) is 19.0 Å². The van der Waals surface area contributed by atoms with Crippen molar-refractivity contribution in [2.45, 2.75) is 0 Å². The number of nitriles is 1. The lowest BCUT2D eigenvalue weighted by molar-refractivity contribution is 0.104. The van der Waals surface area contributed by atoms with Crippen LogP contribution in [0.5, 0.6) is 0 Å². The van der Waals surface area contributed by atoms with Crippen LogP contribution >= 0.6 is 22.7 Å². The zero-order valence-electron chi connectivity index (χ0n) is 20.7. The van der Waals surface area contributed by atoms with Crippen LogP contribution in [0.3, 0.4) is 0 Å². The van der Waals surface area contributed by atoms with Gasteiger partial charge in [0.05, 0.1) is 12.6 Å². The molecule has 188 valence electrons. The Labute approximate surface area is 230 Å². The summed E-state index contributed by atoms with van der Waals surface area (Å²) in [4.78, 5) is 20.4. The Bertz CT molecular complexity index is 1930. The third kappa shape index (κ3) is 4.11. The highest BCUT2D eigenvalue weighted by molar-refractivity contribution is 7.23. The quantitative estimate of drug-likeness (QED) is 0.129. The van der Waals surface area contributed by atoms with Gasteiger partial charge in [-0.2, -0.15) is 0 Å². The van der Waals surface area contributed by atoms with Crippen molar-refractivity contribution < 1.29 is 13.6 Å². The van der Waals surface area contributed by atoms with E-state index in [1.54, 1.807) is 23.5 Å². The Balaban J connectivity index is 1.42. The lowest BCUT2D eigenvalue weighted by Crippen LogP contribution is -2.07. The van der Waals surface area contributed by atoms with Crippen molar-refractivity contribution in [3.8, 4) is 16.5 Å². The molecule has 0 atom stereocenters. The summed E-state index contributed by atoms with van der Waals surface area (Å²) in [5.41, 5.74) is 2.07. The number of benzene rings is 3. The first-order chi connectivity index (χ1) is 18.8. The van der Waals surface area contributed by atoms with Crippen molar-refractivity contribution in [1.82, 2.24) is 0 Å². The normalized spacial score (nSPS) is 15.0. The molecule has 3 aromatic carbocycles. The van der Waals surface area contributed by atoms with Crippen LogP contribution in [-0.4, -0.2) is 19.9 Å². The van der Waals surface area contributed by atoms with Crippen molar-refractivity contribution >= 4 is 66.0 Å². The molecule has 0 amide bonds. The number of carbonyl (C=O) groups excluding carboxylic acids is 1. The first kappa shape index (κ1) is 24.7. The minimum atomic E-state index is -1.15. The van der Waals surface area contributed by atoms with Gasteiger partial charge < -0.3 is 4.90 Å². The smallest absolute Gasteiger partial charge is 0.270 e. The topological polar surface area (TPSA) is 48.5 Å². The third-order valence-electron chi connectivity index (χ3n) is 6.67. The minimum Gasteiger partial charge on any atom is -0.378 e. The first-order valence-corrected chi connectivity index (χ1v) is 13.4. The summed E-state index contributed by atoms with van der Waals surface area (Å²) < 4.78 is 30.1. The number of allylic oxidation sites excluding steroid dienone is 3. The number of anilines is 1. The monoisotopic (exact) mass is 549 g/mol. The van der Waals surface area contributed by atoms with Crippen LogP contribution in [0, 0.1) is 29.5 Å². The Morgan fingerprint density at radius 2 is 1.59 bits per heavy atom. The molecular weight excluding hydrogens is 532 g/mol. The van der Waals surface area contributed by atoms with Gasteiger partial charge in [0, 0.05) is 55.6 Å². The fraction of sp³-hybridized carbons (Fsp3) is 0.0645. The maximum Gasteiger partial charge on any atom is 0.270 e. The van der Waals surface area contributed by atoms with E-state index in [1.807, 2.05) is 20.2 Å². The summed E-state index contributed by atoms with van der Waals surface area (Å²) in [6.45, 7) is 7.40. The number of hydrogen-bond acceptors (Lipinski definition) is 5. The molecule has 6 rings (SSSR count). The summed E-state index contributed by atoms with van der Waals surface area (Å²) in [5, 5.41) is 11.6. The zero-order chi connectivity index (χ0) is 27.4. The van der Waals surface area contributed by atoms with Crippen molar-refractivity contribution in [1.29, 1.82) is 5.26 Å². The van der Waals surface area contributed by atoms with Gasteiger partial charge in [0.25, 0.3) is 5.70 Å². The molecule has 0 fully saturated rings. The molecular formula is C31H17F2N3OS2. The Hall–Kier alpha value is -4.63. The number of fused-ring (bicyclic) bond motifs is 3. The summed E-state index contributed by atoms with van der Waals surface area (Å²) in [5.74, 6) is -2.84. The van der Waals surface area contributed by atoms with Crippen LogP contribution in [-0.2, 0) is 0 Å². The second-order valence-electron chi connectivity index (χ2n) is 9.27. The molecule has 0 bridgehead atoms. The van der Waals surface area contributed by atoms with E-state index in [4.69, 9.17) is 6.57 Å². The highest BCUT2D eigenvalue weighted by Gasteiger charge is 2.34. The summed E-state index contributed by atoms with van der Waals surface area (Å²) >= 11 is 3.16. The molecule has 0 saturated heterocycles. The van der Waals surface area contributed by atoms with Gasteiger partial charge in [-0.05, 0) is 76.5 Å².